The predicted octanol–water partition coefficient (Wildman–Crippen LogP) is 2.40. The van der Waals surface area contributed by atoms with Gasteiger partial charge in [0.1, 0.15) is 11.8 Å². The Hall–Kier alpha value is -3.49. The van der Waals surface area contributed by atoms with Crippen LogP contribution in [0.4, 0.5) is 10.1 Å². The summed E-state index contributed by atoms with van der Waals surface area (Å²) in [6.07, 6.45) is 0.234. The number of nitro benzene ring substituents is 1. The van der Waals surface area contributed by atoms with Gasteiger partial charge in [0.2, 0.25) is 5.82 Å². The van der Waals surface area contributed by atoms with E-state index in [4.69, 9.17) is 9.47 Å². The van der Waals surface area contributed by atoms with Crippen LogP contribution in [0.15, 0.2) is 48.5 Å². The van der Waals surface area contributed by atoms with Crippen LogP contribution in [0.1, 0.15) is 12.5 Å². The van der Waals surface area contributed by atoms with Gasteiger partial charge in [0, 0.05) is 18.6 Å². The standard InChI is InChI=1S/C19H19FN2O6/c1-2-27-19(24)16(10-13-6-4-3-5-7-13)21-18(23)12-28-14-8-9-17(22(25)26)15(20)11-14/h3-9,11,16H,2,10,12H2,1H3,(H,21,23). The van der Waals surface area contributed by atoms with E-state index < -0.39 is 41.0 Å². The largest absolute Gasteiger partial charge is 0.484 e. The van der Waals surface area contributed by atoms with E-state index in [1.165, 1.54) is 6.07 Å². The van der Waals surface area contributed by atoms with Gasteiger partial charge < -0.3 is 14.8 Å². The molecule has 8 nitrogen and oxygen atoms in total. The molecule has 1 amide bonds. The molecule has 148 valence electrons. The SMILES string of the molecule is CCOC(=O)C(Cc1ccccc1)NC(=O)COc1ccc([N+](=O)[O-])c(F)c1. The molecule has 0 heterocycles. The van der Waals surface area contributed by atoms with Crippen LogP contribution in [0.3, 0.4) is 0 Å². The second-order valence-corrected chi connectivity index (χ2v) is 5.72. The van der Waals surface area contributed by atoms with Crippen LogP contribution >= 0.6 is 0 Å². The molecule has 0 aliphatic heterocycles. The monoisotopic (exact) mass is 390 g/mol. The summed E-state index contributed by atoms with van der Waals surface area (Å²) in [5.74, 6) is -2.32. The number of carbonyl (C=O) groups is 2. The average Bonchev–Trinajstić information content (AvgIpc) is 2.66. The lowest BCUT2D eigenvalue weighted by atomic mass is 10.1. The van der Waals surface area contributed by atoms with E-state index in [1.807, 2.05) is 30.3 Å². The number of ether oxygens (including phenoxy) is 2. The maximum atomic E-state index is 13.6. The first-order chi connectivity index (χ1) is 13.4. The minimum Gasteiger partial charge on any atom is -0.484 e. The van der Waals surface area contributed by atoms with Gasteiger partial charge in [0.25, 0.3) is 5.91 Å². The Bertz CT molecular complexity index is 844. The van der Waals surface area contributed by atoms with Crippen molar-refractivity contribution in [2.45, 2.75) is 19.4 Å². The molecule has 2 aromatic rings. The molecule has 2 aromatic carbocycles. The Morgan fingerprint density at radius 1 is 1.21 bits per heavy atom. The van der Waals surface area contributed by atoms with Crippen molar-refractivity contribution in [1.29, 1.82) is 0 Å². The van der Waals surface area contributed by atoms with Gasteiger partial charge in [-0.3, -0.25) is 14.9 Å². The highest BCUT2D eigenvalue weighted by atomic mass is 19.1. The van der Waals surface area contributed by atoms with E-state index in [0.717, 1.165) is 17.7 Å². The smallest absolute Gasteiger partial charge is 0.328 e. The molecule has 0 bridgehead atoms. The van der Waals surface area contributed by atoms with Crippen molar-refractivity contribution in [1.82, 2.24) is 5.32 Å². The molecule has 28 heavy (non-hydrogen) atoms. The van der Waals surface area contributed by atoms with Crippen LogP contribution in [0, 0.1) is 15.9 Å². The fraction of sp³-hybridized carbons (Fsp3) is 0.263. The first-order valence-electron chi connectivity index (χ1n) is 8.47. The van der Waals surface area contributed by atoms with Crippen molar-refractivity contribution in [3.63, 3.8) is 0 Å². The third-order valence-electron chi connectivity index (χ3n) is 3.67. The number of amides is 1. The highest BCUT2D eigenvalue weighted by molar-refractivity contribution is 5.85. The summed E-state index contributed by atoms with van der Waals surface area (Å²) in [4.78, 5) is 34.0. The summed E-state index contributed by atoms with van der Waals surface area (Å²) < 4.78 is 23.7. The van der Waals surface area contributed by atoms with Crippen LogP contribution < -0.4 is 10.1 Å². The predicted molar refractivity (Wildman–Crippen MR) is 97.3 cm³/mol. The Labute approximate surface area is 160 Å². The van der Waals surface area contributed by atoms with E-state index in [-0.39, 0.29) is 18.8 Å². The van der Waals surface area contributed by atoms with E-state index in [9.17, 15) is 24.1 Å². The number of carbonyl (C=O) groups excluding carboxylic acids is 2. The minimum atomic E-state index is -1.07. The van der Waals surface area contributed by atoms with Gasteiger partial charge in [0.15, 0.2) is 6.61 Å². The molecule has 0 radical (unpaired) electrons. The summed E-state index contributed by atoms with van der Waals surface area (Å²) in [7, 11) is 0. The van der Waals surface area contributed by atoms with E-state index in [2.05, 4.69) is 5.32 Å². The zero-order chi connectivity index (χ0) is 20.5. The van der Waals surface area contributed by atoms with Crippen molar-refractivity contribution < 1.29 is 28.4 Å². The van der Waals surface area contributed by atoms with E-state index >= 15 is 0 Å². The molecule has 0 spiro atoms. The van der Waals surface area contributed by atoms with Crippen LogP contribution in [-0.4, -0.2) is 36.1 Å². The number of nitrogens with one attached hydrogen (secondary N) is 1. The van der Waals surface area contributed by atoms with Crippen molar-refractivity contribution in [2.24, 2.45) is 0 Å². The number of halogens is 1. The molecule has 0 aromatic heterocycles. The quantitative estimate of drug-likeness (QED) is 0.400. The van der Waals surface area contributed by atoms with Gasteiger partial charge in [-0.25, -0.2) is 4.79 Å². The van der Waals surface area contributed by atoms with Crippen molar-refractivity contribution in [2.75, 3.05) is 13.2 Å². The lowest BCUT2D eigenvalue weighted by Crippen LogP contribution is -2.45. The molecule has 1 atom stereocenters. The zero-order valence-corrected chi connectivity index (χ0v) is 15.1. The third-order valence-corrected chi connectivity index (χ3v) is 3.67. The van der Waals surface area contributed by atoms with Gasteiger partial charge in [-0.15, -0.1) is 0 Å². The van der Waals surface area contributed by atoms with Gasteiger partial charge in [-0.1, -0.05) is 30.3 Å². The number of hydrogen-bond acceptors (Lipinski definition) is 6. The normalized spacial score (nSPS) is 11.4. The summed E-state index contributed by atoms with van der Waals surface area (Å²) in [6, 6.07) is 11.1. The second-order valence-electron chi connectivity index (χ2n) is 5.72. The van der Waals surface area contributed by atoms with Gasteiger partial charge in [0.05, 0.1) is 11.5 Å². The summed E-state index contributed by atoms with van der Waals surface area (Å²) in [5, 5.41) is 13.1. The summed E-state index contributed by atoms with van der Waals surface area (Å²) in [5.41, 5.74) is 0.140. The summed E-state index contributed by atoms with van der Waals surface area (Å²) in [6.45, 7) is 1.33. The second kappa shape index (κ2) is 10.0. The maximum absolute atomic E-state index is 13.6. The third kappa shape index (κ3) is 6.04. The Morgan fingerprint density at radius 3 is 2.54 bits per heavy atom. The zero-order valence-electron chi connectivity index (χ0n) is 15.1. The first kappa shape index (κ1) is 20.8. The van der Waals surface area contributed by atoms with Crippen LogP contribution in [0.5, 0.6) is 5.75 Å². The maximum Gasteiger partial charge on any atom is 0.328 e. The van der Waals surface area contributed by atoms with Gasteiger partial charge in [-0.2, -0.15) is 4.39 Å². The molecule has 2 rings (SSSR count). The lowest BCUT2D eigenvalue weighted by molar-refractivity contribution is -0.387. The van der Waals surface area contributed by atoms with E-state index in [1.54, 1.807) is 6.92 Å². The lowest BCUT2D eigenvalue weighted by Gasteiger charge is -2.17. The minimum absolute atomic E-state index is 0.0472. The molecule has 0 saturated heterocycles. The topological polar surface area (TPSA) is 108 Å². The van der Waals surface area contributed by atoms with Gasteiger partial charge >= 0.3 is 11.7 Å². The number of esters is 1. The Kier molecular flexibility index (Phi) is 7.44. The molecule has 9 heteroatoms. The number of nitro groups is 1. The van der Waals surface area contributed by atoms with E-state index in [0.29, 0.717) is 0 Å². The van der Waals surface area contributed by atoms with Crippen LogP contribution in [0.25, 0.3) is 0 Å². The fourth-order valence-electron chi connectivity index (χ4n) is 2.40. The van der Waals surface area contributed by atoms with Crippen molar-refractivity contribution >= 4 is 17.6 Å². The number of nitrogens with zero attached hydrogens (tertiary/aromatic N) is 1. The molecule has 1 unspecified atom stereocenters. The molecular formula is C19H19FN2O6. The first-order valence-corrected chi connectivity index (χ1v) is 8.47. The molecular weight excluding hydrogens is 371 g/mol. The van der Waals surface area contributed by atoms with Crippen molar-refractivity contribution in [3.05, 3.63) is 70.0 Å². The molecule has 0 aliphatic rings. The Morgan fingerprint density at radius 2 is 1.93 bits per heavy atom. The number of hydrogen-bond donors (Lipinski definition) is 1. The summed E-state index contributed by atoms with van der Waals surface area (Å²) >= 11 is 0. The average molecular weight is 390 g/mol. The highest BCUT2D eigenvalue weighted by Gasteiger charge is 2.23. The molecule has 1 N–H and O–H groups in total. The Balaban J connectivity index is 1.98. The molecule has 0 aliphatic carbocycles. The number of rotatable bonds is 9. The molecule has 0 saturated carbocycles. The van der Waals surface area contributed by atoms with Crippen LogP contribution in [0.2, 0.25) is 0 Å². The fourth-order valence-corrected chi connectivity index (χ4v) is 2.40. The van der Waals surface area contributed by atoms with Crippen molar-refractivity contribution in [3.8, 4) is 5.75 Å². The van der Waals surface area contributed by atoms with Gasteiger partial charge in [-0.05, 0) is 18.6 Å². The van der Waals surface area contributed by atoms with Crippen LogP contribution in [-0.2, 0) is 20.7 Å². The highest BCUT2D eigenvalue weighted by Crippen LogP contribution is 2.22. The molecule has 0 fully saturated rings. The number of benzene rings is 2.